The third-order valence-electron chi connectivity index (χ3n) is 2.83. The average molecular weight is 361 g/mol. The first-order valence-corrected chi connectivity index (χ1v) is 6.83. The monoisotopic (exact) mass is 361 g/mol. The highest BCUT2D eigenvalue weighted by molar-refractivity contribution is 14.1. The average Bonchev–Trinajstić information content (AvgIpc) is 2.39. The summed E-state index contributed by atoms with van der Waals surface area (Å²) in [6.07, 6.45) is 3.53. The van der Waals surface area contributed by atoms with Gasteiger partial charge in [0.15, 0.2) is 0 Å². The van der Waals surface area contributed by atoms with E-state index in [4.69, 9.17) is 0 Å². The summed E-state index contributed by atoms with van der Waals surface area (Å²) >= 11 is 2.17. The highest BCUT2D eigenvalue weighted by atomic mass is 127. The van der Waals surface area contributed by atoms with E-state index in [9.17, 15) is 4.79 Å². The topological polar surface area (TPSA) is 61.4 Å². The molecule has 1 aromatic heterocycles. The van der Waals surface area contributed by atoms with E-state index in [0.29, 0.717) is 12.5 Å². The fourth-order valence-electron chi connectivity index (χ4n) is 1.92. The summed E-state index contributed by atoms with van der Waals surface area (Å²) in [7, 11) is 3.54. The number of rotatable bonds is 2. The van der Waals surface area contributed by atoms with Crippen LogP contribution in [0, 0.1) is 3.57 Å². The first-order chi connectivity index (χ1) is 8.59. The first kappa shape index (κ1) is 13.5. The molecule has 98 valence electrons. The number of nitrogens with one attached hydrogen (secondary N) is 1. The highest BCUT2D eigenvalue weighted by Crippen LogP contribution is 2.14. The second kappa shape index (κ2) is 5.79. The van der Waals surface area contributed by atoms with Crippen LogP contribution in [0.5, 0.6) is 0 Å². The summed E-state index contributed by atoms with van der Waals surface area (Å²) < 4.78 is 0.988. The van der Waals surface area contributed by atoms with E-state index in [2.05, 4.69) is 37.9 Å². The molecule has 0 bridgehead atoms. The minimum absolute atomic E-state index is 0.0735. The Kier molecular flexibility index (Phi) is 4.33. The van der Waals surface area contributed by atoms with Crippen molar-refractivity contribution in [1.82, 2.24) is 20.2 Å². The zero-order chi connectivity index (χ0) is 13.1. The van der Waals surface area contributed by atoms with Crippen LogP contribution < -0.4 is 10.2 Å². The summed E-state index contributed by atoms with van der Waals surface area (Å²) in [4.78, 5) is 24.3. The van der Waals surface area contributed by atoms with Crippen molar-refractivity contribution in [1.29, 1.82) is 0 Å². The number of hydrogen-bond acceptors (Lipinski definition) is 5. The lowest BCUT2D eigenvalue weighted by Crippen LogP contribution is -2.58. The molecule has 1 unspecified atom stereocenters. The molecule has 1 aromatic rings. The van der Waals surface area contributed by atoms with Crippen molar-refractivity contribution in [3.63, 3.8) is 0 Å². The van der Waals surface area contributed by atoms with Gasteiger partial charge in [-0.15, -0.1) is 0 Å². The highest BCUT2D eigenvalue weighted by Gasteiger charge is 2.31. The van der Waals surface area contributed by atoms with Gasteiger partial charge in [-0.3, -0.25) is 4.79 Å². The van der Waals surface area contributed by atoms with Crippen molar-refractivity contribution in [2.24, 2.45) is 0 Å². The molecule has 18 heavy (non-hydrogen) atoms. The number of amides is 1. The van der Waals surface area contributed by atoms with E-state index >= 15 is 0 Å². The fraction of sp³-hybridized carbons (Fsp3) is 0.545. The molecule has 1 aliphatic heterocycles. The summed E-state index contributed by atoms with van der Waals surface area (Å²) in [6.45, 7) is 2.21. The van der Waals surface area contributed by atoms with Gasteiger partial charge in [-0.1, -0.05) is 0 Å². The standard InChI is InChI=1S/C11H16IN5O/c1-16(2)10(18)9-7-13-3-4-17(9)11-14-5-8(12)6-15-11/h5-6,9,13H,3-4,7H2,1-2H3. The predicted octanol–water partition coefficient (Wildman–Crippen LogP) is -0.0524. The molecule has 0 radical (unpaired) electrons. The Morgan fingerprint density at radius 2 is 2.17 bits per heavy atom. The van der Waals surface area contributed by atoms with E-state index in [1.807, 2.05) is 4.90 Å². The van der Waals surface area contributed by atoms with E-state index < -0.39 is 0 Å². The maximum absolute atomic E-state index is 12.1. The van der Waals surface area contributed by atoms with Crippen molar-refractivity contribution in [2.75, 3.05) is 38.6 Å². The Hall–Kier alpha value is -0.960. The molecule has 1 N–H and O–H groups in total. The molecule has 7 heteroatoms. The maximum Gasteiger partial charge on any atom is 0.246 e. The lowest BCUT2D eigenvalue weighted by Gasteiger charge is -2.36. The number of hydrogen-bond donors (Lipinski definition) is 1. The number of likely N-dealkylation sites (N-methyl/N-ethyl adjacent to an activating group) is 1. The quantitative estimate of drug-likeness (QED) is 0.749. The minimum Gasteiger partial charge on any atom is -0.347 e. The van der Waals surface area contributed by atoms with Crippen molar-refractivity contribution in [2.45, 2.75) is 6.04 Å². The van der Waals surface area contributed by atoms with E-state index in [-0.39, 0.29) is 11.9 Å². The van der Waals surface area contributed by atoms with Crippen LogP contribution in [0.2, 0.25) is 0 Å². The summed E-state index contributed by atoms with van der Waals surface area (Å²) in [5.74, 6) is 0.696. The molecule has 1 aliphatic rings. The number of carbonyl (C=O) groups excluding carboxylic acids is 1. The number of halogens is 1. The molecule has 6 nitrogen and oxygen atoms in total. The second-order valence-electron chi connectivity index (χ2n) is 4.35. The molecular formula is C11H16IN5O. The molecule has 0 aromatic carbocycles. The molecule has 1 fully saturated rings. The number of aromatic nitrogens is 2. The van der Waals surface area contributed by atoms with Crippen molar-refractivity contribution < 1.29 is 4.79 Å². The lowest BCUT2D eigenvalue weighted by molar-refractivity contribution is -0.130. The van der Waals surface area contributed by atoms with Crippen LogP contribution in [0.4, 0.5) is 5.95 Å². The van der Waals surface area contributed by atoms with Gasteiger partial charge >= 0.3 is 0 Å². The fourth-order valence-corrected chi connectivity index (χ4v) is 2.19. The summed E-state index contributed by atoms with van der Waals surface area (Å²) in [5, 5.41) is 3.24. The number of nitrogens with zero attached hydrogens (tertiary/aromatic N) is 4. The predicted molar refractivity (Wildman–Crippen MR) is 77.4 cm³/mol. The Labute approximate surface area is 120 Å². The molecule has 1 saturated heterocycles. The molecule has 0 saturated carbocycles. The van der Waals surface area contributed by atoms with Gasteiger partial charge in [0, 0.05) is 49.7 Å². The summed E-state index contributed by atoms with van der Waals surface area (Å²) in [5.41, 5.74) is 0. The zero-order valence-electron chi connectivity index (χ0n) is 10.4. The molecule has 1 atom stereocenters. The van der Waals surface area contributed by atoms with Crippen LogP contribution in [0.3, 0.4) is 0 Å². The zero-order valence-corrected chi connectivity index (χ0v) is 12.6. The molecular weight excluding hydrogens is 345 g/mol. The van der Waals surface area contributed by atoms with Crippen molar-refractivity contribution >= 4 is 34.4 Å². The third-order valence-corrected chi connectivity index (χ3v) is 3.39. The van der Waals surface area contributed by atoms with Gasteiger partial charge in [0.05, 0.1) is 0 Å². The van der Waals surface area contributed by atoms with E-state index in [0.717, 1.165) is 16.7 Å². The van der Waals surface area contributed by atoms with Gasteiger partial charge in [0.25, 0.3) is 0 Å². The second-order valence-corrected chi connectivity index (χ2v) is 5.59. The van der Waals surface area contributed by atoms with Crippen molar-refractivity contribution in [3.8, 4) is 0 Å². The Balaban J connectivity index is 2.22. The van der Waals surface area contributed by atoms with Gasteiger partial charge in [0.2, 0.25) is 11.9 Å². The Morgan fingerprint density at radius 3 is 2.78 bits per heavy atom. The van der Waals surface area contributed by atoms with Gasteiger partial charge < -0.3 is 15.1 Å². The number of piperazine rings is 1. The number of anilines is 1. The first-order valence-electron chi connectivity index (χ1n) is 5.75. The maximum atomic E-state index is 12.1. The largest absolute Gasteiger partial charge is 0.347 e. The van der Waals surface area contributed by atoms with Crippen LogP contribution in [0.25, 0.3) is 0 Å². The van der Waals surface area contributed by atoms with Crippen LogP contribution in [0.1, 0.15) is 0 Å². The summed E-state index contributed by atoms with van der Waals surface area (Å²) in [6, 6.07) is -0.228. The van der Waals surface area contributed by atoms with Gasteiger partial charge in [-0.25, -0.2) is 9.97 Å². The van der Waals surface area contributed by atoms with Crippen LogP contribution >= 0.6 is 22.6 Å². The van der Waals surface area contributed by atoms with Crippen molar-refractivity contribution in [3.05, 3.63) is 16.0 Å². The third kappa shape index (κ3) is 2.89. The van der Waals surface area contributed by atoms with Gasteiger partial charge in [0.1, 0.15) is 6.04 Å². The lowest BCUT2D eigenvalue weighted by atomic mass is 10.2. The normalized spacial score (nSPS) is 19.7. The van der Waals surface area contributed by atoms with E-state index in [1.54, 1.807) is 31.4 Å². The Morgan fingerprint density at radius 1 is 1.50 bits per heavy atom. The minimum atomic E-state index is -0.228. The number of carbonyl (C=O) groups is 1. The SMILES string of the molecule is CN(C)C(=O)C1CNCCN1c1ncc(I)cn1. The van der Waals surface area contributed by atoms with Gasteiger partial charge in [-0.05, 0) is 22.6 Å². The van der Waals surface area contributed by atoms with Gasteiger partial charge in [-0.2, -0.15) is 0 Å². The Bertz CT molecular complexity index is 422. The molecule has 2 heterocycles. The van der Waals surface area contributed by atoms with Crippen LogP contribution in [-0.4, -0.2) is 60.5 Å². The van der Waals surface area contributed by atoms with Crippen LogP contribution in [0.15, 0.2) is 12.4 Å². The smallest absolute Gasteiger partial charge is 0.246 e. The molecule has 0 spiro atoms. The van der Waals surface area contributed by atoms with Crippen LogP contribution in [-0.2, 0) is 4.79 Å². The molecule has 0 aliphatic carbocycles. The molecule has 1 amide bonds. The molecule has 2 rings (SSSR count). The van der Waals surface area contributed by atoms with E-state index in [1.165, 1.54) is 0 Å².